The molecular formula is C12H18N2O2. The molecule has 0 aliphatic heterocycles. The minimum atomic E-state index is -0.976. The van der Waals surface area contributed by atoms with Crippen LogP contribution in [0.4, 0.5) is 0 Å². The molecule has 0 aromatic heterocycles. The molecule has 4 N–H and O–H groups in total. The van der Waals surface area contributed by atoms with Gasteiger partial charge in [0.1, 0.15) is 6.04 Å². The predicted molar refractivity (Wildman–Crippen MR) is 63.1 cm³/mol. The number of carboxylic acids is 1. The van der Waals surface area contributed by atoms with Gasteiger partial charge >= 0.3 is 5.97 Å². The third kappa shape index (κ3) is 3.64. The summed E-state index contributed by atoms with van der Waals surface area (Å²) in [6.45, 7) is 2.33. The summed E-state index contributed by atoms with van der Waals surface area (Å²) in [5.41, 5.74) is 6.59. The van der Waals surface area contributed by atoms with E-state index in [1.165, 1.54) is 0 Å². The van der Waals surface area contributed by atoms with Gasteiger partial charge in [-0.15, -0.1) is 0 Å². The fourth-order valence-corrected chi connectivity index (χ4v) is 1.54. The van der Waals surface area contributed by atoms with Crippen LogP contribution >= 0.6 is 0 Å². The lowest BCUT2D eigenvalue weighted by Gasteiger charge is -2.18. The van der Waals surface area contributed by atoms with Crippen LogP contribution < -0.4 is 11.1 Å². The normalized spacial score (nSPS) is 14.4. The molecule has 1 aromatic rings. The second-order valence-corrected chi connectivity index (χ2v) is 3.72. The molecule has 0 saturated heterocycles. The molecule has 2 atom stereocenters. The van der Waals surface area contributed by atoms with Crippen LogP contribution in [0, 0.1) is 0 Å². The van der Waals surface area contributed by atoms with Gasteiger partial charge < -0.3 is 16.2 Å². The lowest BCUT2D eigenvalue weighted by molar-refractivity contribution is -0.138. The third-order valence-corrected chi connectivity index (χ3v) is 2.51. The van der Waals surface area contributed by atoms with Crippen LogP contribution in [-0.4, -0.2) is 23.7 Å². The zero-order valence-corrected chi connectivity index (χ0v) is 9.39. The Morgan fingerprint density at radius 2 is 2.06 bits per heavy atom. The molecule has 0 amide bonds. The molecule has 0 heterocycles. The molecule has 16 heavy (non-hydrogen) atoms. The van der Waals surface area contributed by atoms with Crippen molar-refractivity contribution < 1.29 is 9.90 Å². The van der Waals surface area contributed by atoms with Gasteiger partial charge in [-0.2, -0.15) is 0 Å². The summed E-state index contributed by atoms with van der Waals surface area (Å²) >= 11 is 0. The Kier molecular flexibility index (Phi) is 4.95. The number of aliphatic carboxylic acids is 1. The second kappa shape index (κ2) is 6.25. The lowest BCUT2D eigenvalue weighted by atomic mass is 10.0. The lowest BCUT2D eigenvalue weighted by Crippen LogP contribution is -2.41. The SMILES string of the molecule is CCC(NCC(N)C(=O)O)c1ccccc1. The Morgan fingerprint density at radius 3 is 2.56 bits per heavy atom. The summed E-state index contributed by atoms with van der Waals surface area (Å²) in [6, 6.07) is 9.25. The molecule has 4 heteroatoms. The summed E-state index contributed by atoms with van der Waals surface area (Å²) in [5, 5.41) is 11.8. The molecule has 0 saturated carbocycles. The minimum absolute atomic E-state index is 0.159. The number of carbonyl (C=O) groups is 1. The number of hydrogen-bond acceptors (Lipinski definition) is 3. The van der Waals surface area contributed by atoms with Crippen molar-refractivity contribution in [3.63, 3.8) is 0 Å². The fourth-order valence-electron chi connectivity index (χ4n) is 1.54. The molecule has 0 spiro atoms. The number of rotatable bonds is 6. The van der Waals surface area contributed by atoms with Crippen LogP contribution in [0.15, 0.2) is 30.3 Å². The first-order valence-electron chi connectivity index (χ1n) is 5.41. The van der Waals surface area contributed by atoms with E-state index in [4.69, 9.17) is 10.8 Å². The van der Waals surface area contributed by atoms with Crippen molar-refractivity contribution in [1.29, 1.82) is 0 Å². The maximum atomic E-state index is 10.6. The topological polar surface area (TPSA) is 75.3 Å². The largest absolute Gasteiger partial charge is 0.480 e. The number of nitrogens with one attached hydrogen (secondary N) is 1. The van der Waals surface area contributed by atoms with Crippen molar-refractivity contribution in [3.8, 4) is 0 Å². The Hall–Kier alpha value is -1.39. The summed E-state index contributed by atoms with van der Waals surface area (Å²) in [7, 11) is 0. The Labute approximate surface area is 95.5 Å². The molecule has 4 nitrogen and oxygen atoms in total. The van der Waals surface area contributed by atoms with Gasteiger partial charge in [0, 0.05) is 12.6 Å². The first-order chi connectivity index (χ1) is 7.65. The van der Waals surface area contributed by atoms with Gasteiger partial charge in [0.05, 0.1) is 0 Å². The maximum Gasteiger partial charge on any atom is 0.321 e. The summed E-state index contributed by atoms with van der Waals surface area (Å²) in [5.74, 6) is -0.976. The van der Waals surface area contributed by atoms with Gasteiger partial charge in [-0.25, -0.2) is 0 Å². The Bertz CT molecular complexity index is 327. The monoisotopic (exact) mass is 222 g/mol. The molecular weight excluding hydrogens is 204 g/mol. The van der Waals surface area contributed by atoms with E-state index in [0.29, 0.717) is 0 Å². The summed E-state index contributed by atoms with van der Waals surface area (Å²) in [4.78, 5) is 10.6. The summed E-state index contributed by atoms with van der Waals surface area (Å²) < 4.78 is 0. The van der Waals surface area contributed by atoms with E-state index in [2.05, 4.69) is 12.2 Å². The first-order valence-corrected chi connectivity index (χ1v) is 5.41. The highest BCUT2D eigenvalue weighted by molar-refractivity contribution is 5.73. The zero-order chi connectivity index (χ0) is 12.0. The predicted octanol–water partition coefficient (Wildman–Crippen LogP) is 1.14. The van der Waals surface area contributed by atoms with E-state index in [1.807, 2.05) is 30.3 Å². The van der Waals surface area contributed by atoms with Crippen LogP contribution in [0.5, 0.6) is 0 Å². The van der Waals surface area contributed by atoms with Gasteiger partial charge in [-0.05, 0) is 12.0 Å². The van der Waals surface area contributed by atoms with Crippen molar-refractivity contribution >= 4 is 5.97 Å². The van der Waals surface area contributed by atoms with Gasteiger partial charge in [-0.1, -0.05) is 37.3 Å². The Morgan fingerprint density at radius 1 is 1.44 bits per heavy atom. The van der Waals surface area contributed by atoms with Crippen LogP contribution in [0.1, 0.15) is 24.9 Å². The average Bonchev–Trinajstić information content (AvgIpc) is 2.30. The molecule has 0 aliphatic carbocycles. The van der Waals surface area contributed by atoms with E-state index in [0.717, 1.165) is 12.0 Å². The number of benzene rings is 1. The van der Waals surface area contributed by atoms with E-state index in [-0.39, 0.29) is 12.6 Å². The maximum absolute atomic E-state index is 10.6. The third-order valence-electron chi connectivity index (χ3n) is 2.51. The van der Waals surface area contributed by atoms with Crippen molar-refractivity contribution in [1.82, 2.24) is 5.32 Å². The standard InChI is InChI=1S/C12H18N2O2/c1-2-11(9-6-4-3-5-7-9)14-8-10(13)12(15)16/h3-7,10-11,14H,2,8,13H2,1H3,(H,15,16). The van der Waals surface area contributed by atoms with Crippen LogP contribution in [0.3, 0.4) is 0 Å². The number of carboxylic acid groups (broad SMARTS) is 1. The van der Waals surface area contributed by atoms with Crippen LogP contribution in [0.25, 0.3) is 0 Å². The zero-order valence-electron chi connectivity index (χ0n) is 9.39. The molecule has 0 radical (unpaired) electrons. The highest BCUT2D eigenvalue weighted by Gasteiger charge is 2.14. The molecule has 2 unspecified atom stereocenters. The minimum Gasteiger partial charge on any atom is -0.480 e. The van der Waals surface area contributed by atoms with Crippen molar-refractivity contribution in [2.75, 3.05) is 6.54 Å². The first kappa shape index (κ1) is 12.7. The van der Waals surface area contributed by atoms with E-state index < -0.39 is 12.0 Å². The van der Waals surface area contributed by atoms with E-state index >= 15 is 0 Å². The molecule has 0 bridgehead atoms. The van der Waals surface area contributed by atoms with Gasteiger partial charge in [0.25, 0.3) is 0 Å². The van der Waals surface area contributed by atoms with Crippen molar-refractivity contribution in [2.24, 2.45) is 5.73 Å². The fraction of sp³-hybridized carbons (Fsp3) is 0.417. The average molecular weight is 222 g/mol. The van der Waals surface area contributed by atoms with Crippen molar-refractivity contribution in [2.45, 2.75) is 25.4 Å². The molecule has 0 fully saturated rings. The van der Waals surface area contributed by atoms with E-state index in [9.17, 15) is 4.79 Å². The molecule has 88 valence electrons. The molecule has 1 rings (SSSR count). The second-order valence-electron chi connectivity index (χ2n) is 3.72. The molecule has 1 aromatic carbocycles. The quantitative estimate of drug-likeness (QED) is 0.674. The van der Waals surface area contributed by atoms with Crippen LogP contribution in [-0.2, 0) is 4.79 Å². The van der Waals surface area contributed by atoms with Crippen LogP contribution in [0.2, 0.25) is 0 Å². The number of hydrogen-bond donors (Lipinski definition) is 3. The highest BCUT2D eigenvalue weighted by Crippen LogP contribution is 2.15. The summed E-state index contributed by atoms with van der Waals surface area (Å²) in [6.07, 6.45) is 0.899. The number of nitrogens with two attached hydrogens (primary N) is 1. The van der Waals surface area contributed by atoms with Gasteiger partial charge in [0.2, 0.25) is 0 Å². The van der Waals surface area contributed by atoms with Gasteiger partial charge in [-0.3, -0.25) is 4.79 Å². The Balaban J connectivity index is 2.53. The van der Waals surface area contributed by atoms with Crippen molar-refractivity contribution in [3.05, 3.63) is 35.9 Å². The van der Waals surface area contributed by atoms with Gasteiger partial charge in [0.15, 0.2) is 0 Å². The highest BCUT2D eigenvalue weighted by atomic mass is 16.4. The smallest absolute Gasteiger partial charge is 0.321 e. The van der Waals surface area contributed by atoms with E-state index in [1.54, 1.807) is 0 Å². The molecule has 0 aliphatic rings.